The topological polar surface area (TPSA) is 46.8 Å². The quantitative estimate of drug-likeness (QED) is 0.749. The fraction of sp³-hybridized carbons (Fsp3) is 0.0714. The average molecular weight is 240 g/mol. The van der Waals surface area contributed by atoms with E-state index in [0.29, 0.717) is 5.82 Å². The number of ether oxygens (including phenoxy) is 1. The van der Waals surface area contributed by atoms with Crippen molar-refractivity contribution < 1.29 is 9.84 Å². The molecule has 1 N–H and O–H groups in total. The predicted octanol–water partition coefficient (Wildman–Crippen LogP) is 2.72. The molecule has 0 saturated carbocycles. The van der Waals surface area contributed by atoms with Crippen LogP contribution in [0, 0.1) is 0 Å². The number of aromatic hydroxyl groups is 1. The molecule has 3 aromatic rings. The third-order valence-corrected chi connectivity index (χ3v) is 2.88. The smallest absolute Gasteiger partial charge is 0.197 e. The monoisotopic (exact) mass is 240 g/mol. The molecule has 2 heterocycles. The van der Waals surface area contributed by atoms with Crippen molar-refractivity contribution in [3.63, 3.8) is 0 Å². The highest BCUT2D eigenvalue weighted by Gasteiger charge is 2.08. The van der Waals surface area contributed by atoms with E-state index in [2.05, 4.69) is 4.98 Å². The van der Waals surface area contributed by atoms with Gasteiger partial charge in [0.15, 0.2) is 5.88 Å². The Labute approximate surface area is 104 Å². The van der Waals surface area contributed by atoms with Gasteiger partial charge in [0.2, 0.25) is 0 Å². The first-order valence-electron chi connectivity index (χ1n) is 5.59. The summed E-state index contributed by atoms with van der Waals surface area (Å²) in [4.78, 5) is 4.34. The summed E-state index contributed by atoms with van der Waals surface area (Å²) in [6.45, 7) is 0. The number of rotatable bonds is 2. The molecule has 0 fully saturated rings. The molecule has 1 aromatic carbocycles. The average Bonchev–Trinajstić information content (AvgIpc) is 2.84. The van der Waals surface area contributed by atoms with Crippen LogP contribution in [0.1, 0.15) is 0 Å². The molecule has 0 aliphatic carbocycles. The number of hydrogen-bond acceptors (Lipinski definition) is 3. The van der Waals surface area contributed by atoms with Gasteiger partial charge in [-0.2, -0.15) is 0 Å². The van der Waals surface area contributed by atoms with E-state index in [1.807, 2.05) is 30.3 Å². The zero-order valence-corrected chi connectivity index (χ0v) is 9.87. The van der Waals surface area contributed by atoms with Crippen LogP contribution in [0.3, 0.4) is 0 Å². The number of benzene rings is 1. The normalized spacial score (nSPS) is 10.7. The Morgan fingerprint density at radius 2 is 1.89 bits per heavy atom. The van der Waals surface area contributed by atoms with Crippen LogP contribution in [0.15, 0.2) is 48.7 Å². The maximum atomic E-state index is 9.90. The molecule has 18 heavy (non-hydrogen) atoms. The molecule has 0 unspecified atom stereocenters. The lowest BCUT2D eigenvalue weighted by molar-refractivity contribution is 0.415. The first kappa shape index (κ1) is 10.7. The predicted molar refractivity (Wildman–Crippen MR) is 68.8 cm³/mol. The summed E-state index contributed by atoms with van der Waals surface area (Å²) in [6.07, 6.45) is 1.74. The zero-order chi connectivity index (χ0) is 12.5. The van der Waals surface area contributed by atoms with Crippen LogP contribution in [0.25, 0.3) is 16.9 Å². The van der Waals surface area contributed by atoms with E-state index < -0.39 is 0 Å². The lowest BCUT2D eigenvalue weighted by atomic mass is 10.2. The summed E-state index contributed by atoms with van der Waals surface area (Å²) >= 11 is 0. The minimum absolute atomic E-state index is 0.177. The Bertz CT molecular complexity index is 687. The van der Waals surface area contributed by atoms with Gasteiger partial charge in [-0.25, -0.2) is 4.98 Å². The van der Waals surface area contributed by atoms with Gasteiger partial charge in [-0.3, -0.25) is 4.40 Å². The molecule has 4 nitrogen and oxygen atoms in total. The Morgan fingerprint density at radius 3 is 2.61 bits per heavy atom. The first-order chi connectivity index (χ1) is 8.79. The molecule has 0 atom stereocenters. The van der Waals surface area contributed by atoms with Gasteiger partial charge in [-0.1, -0.05) is 6.07 Å². The SMILES string of the molecule is COc1ccc(-c2ncc3cccc(O)n23)cc1. The van der Waals surface area contributed by atoms with Crippen LogP contribution >= 0.6 is 0 Å². The van der Waals surface area contributed by atoms with Crippen LogP contribution in [0.4, 0.5) is 0 Å². The van der Waals surface area contributed by atoms with E-state index in [1.54, 1.807) is 29.8 Å². The third-order valence-electron chi connectivity index (χ3n) is 2.88. The van der Waals surface area contributed by atoms with Gasteiger partial charge in [-0.05, 0) is 36.4 Å². The summed E-state index contributed by atoms with van der Waals surface area (Å²) in [5.41, 5.74) is 1.79. The van der Waals surface area contributed by atoms with E-state index in [-0.39, 0.29) is 5.88 Å². The minimum atomic E-state index is 0.177. The number of hydrogen-bond donors (Lipinski definition) is 1. The highest BCUT2D eigenvalue weighted by atomic mass is 16.5. The van der Waals surface area contributed by atoms with Gasteiger partial charge in [0.25, 0.3) is 0 Å². The standard InChI is InChI=1S/C14H12N2O2/c1-18-12-7-5-10(6-8-12)14-15-9-11-3-2-4-13(17)16(11)14/h2-9,17H,1H3. The van der Waals surface area contributed by atoms with E-state index in [9.17, 15) is 5.11 Å². The molecule has 0 bridgehead atoms. The molecule has 3 rings (SSSR count). The van der Waals surface area contributed by atoms with Crippen molar-refractivity contribution in [3.05, 3.63) is 48.7 Å². The molecule has 0 spiro atoms. The second-order valence-corrected chi connectivity index (χ2v) is 3.95. The Morgan fingerprint density at radius 1 is 1.11 bits per heavy atom. The summed E-state index contributed by atoms with van der Waals surface area (Å²) < 4.78 is 6.83. The number of nitrogens with zero attached hydrogens (tertiary/aromatic N) is 2. The number of aromatic nitrogens is 2. The second-order valence-electron chi connectivity index (χ2n) is 3.95. The van der Waals surface area contributed by atoms with Crippen LogP contribution < -0.4 is 4.74 Å². The number of methoxy groups -OCH3 is 1. The molecule has 90 valence electrons. The highest BCUT2D eigenvalue weighted by molar-refractivity contribution is 5.64. The molecule has 4 heteroatoms. The van der Waals surface area contributed by atoms with Crippen molar-refractivity contribution in [3.8, 4) is 23.0 Å². The molecule has 0 aliphatic rings. The molecule has 0 saturated heterocycles. The molecule has 2 aromatic heterocycles. The zero-order valence-electron chi connectivity index (χ0n) is 9.87. The van der Waals surface area contributed by atoms with Crippen LogP contribution in [0.2, 0.25) is 0 Å². The number of pyridine rings is 1. The van der Waals surface area contributed by atoms with Crippen LogP contribution in [0.5, 0.6) is 11.6 Å². The van der Waals surface area contributed by atoms with Crippen molar-refractivity contribution in [2.24, 2.45) is 0 Å². The first-order valence-corrected chi connectivity index (χ1v) is 5.59. The van der Waals surface area contributed by atoms with Crippen LogP contribution in [-0.2, 0) is 0 Å². The number of fused-ring (bicyclic) bond motifs is 1. The van der Waals surface area contributed by atoms with Gasteiger partial charge in [-0.15, -0.1) is 0 Å². The summed E-state index contributed by atoms with van der Waals surface area (Å²) in [5, 5.41) is 9.90. The second kappa shape index (κ2) is 4.07. The van der Waals surface area contributed by atoms with Crippen molar-refractivity contribution in [2.45, 2.75) is 0 Å². The molecule has 0 radical (unpaired) electrons. The molecular weight excluding hydrogens is 228 g/mol. The van der Waals surface area contributed by atoms with E-state index in [0.717, 1.165) is 16.8 Å². The maximum Gasteiger partial charge on any atom is 0.197 e. The van der Waals surface area contributed by atoms with Crippen molar-refractivity contribution >= 4 is 5.52 Å². The Hall–Kier alpha value is -2.49. The van der Waals surface area contributed by atoms with Crippen LogP contribution in [-0.4, -0.2) is 21.6 Å². The summed E-state index contributed by atoms with van der Waals surface area (Å²) in [7, 11) is 1.63. The fourth-order valence-electron chi connectivity index (χ4n) is 1.97. The molecular formula is C14H12N2O2. The van der Waals surface area contributed by atoms with E-state index in [1.165, 1.54) is 0 Å². The lowest BCUT2D eigenvalue weighted by Crippen LogP contribution is -1.90. The Kier molecular flexibility index (Phi) is 2.41. The Balaban J connectivity index is 2.18. The van der Waals surface area contributed by atoms with E-state index in [4.69, 9.17) is 4.74 Å². The van der Waals surface area contributed by atoms with E-state index >= 15 is 0 Å². The van der Waals surface area contributed by atoms with Crippen molar-refractivity contribution in [1.29, 1.82) is 0 Å². The van der Waals surface area contributed by atoms with Gasteiger partial charge in [0.05, 0.1) is 18.8 Å². The summed E-state index contributed by atoms with van der Waals surface area (Å²) in [6, 6.07) is 12.9. The third kappa shape index (κ3) is 1.59. The minimum Gasteiger partial charge on any atom is -0.497 e. The largest absolute Gasteiger partial charge is 0.497 e. The van der Waals surface area contributed by atoms with Crippen molar-refractivity contribution in [1.82, 2.24) is 9.38 Å². The summed E-state index contributed by atoms with van der Waals surface area (Å²) in [5.74, 6) is 1.69. The van der Waals surface area contributed by atoms with Gasteiger partial charge in [0, 0.05) is 5.56 Å². The fourth-order valence-corrected chi connectivity index (χ4v) is 1.97. The van der Waals surface area contributed by atoms with Gasteiger partial charge < -0.3 is 9.84 Å². The lowest BCUT2D eigenvalue weighted by Gasteiger charge is -2.05. The highest BCUT2D eigenvalue weighted by Crippen LogP contribution is 2.25. The van der Waals surface area contributed by atoms with Crippen molar-refractivity contribution in [2.75, 3.05) is 7.11 Å². The molecule has 0 aliphatic heterocycles. The van der Waals surface area contributed by atoms with Gasteiger partial charge >= 0.3 is 0 Å². The van der Waals surface area contributed by atoms with Gasteiger partial charge in [0.1, 0.15) is 11.6 Å². The number of imidazole rings is 1. The molecule has 0 amide bonds. The maximum absolute atomic E-state index is 9.90.